The number of rotatable bonds is 7. The molecule has 1 atom stereocenters. The number of ketones is 1. The molecule has 0 fully saturated rings. The molecule has 0 saturated carbocycles. The molecule has 4 rings (SSSR count). The fourth-order valence-electron chi connectivity index (χ4n) is 3.36. The molecular weight excluding hydrogens is 402 g/mol. The van der Waals surface area contributed by atoms with Gasteiger partial charge in [-0.15, -0.1) is 0 Å². The number of carbonyl (C=O) groups is 3. The second kappa shape index (κ2) is 8.19. The first-order valence-corrected chi connectivity index (χ1v) is 9.32. The zero-order valence-electron chi connectivity index (χ0n) is 16.3. The van der Waals surface area contributed by atoms with Crippen molar-refractivity contribution in [2.24, 2.45) is 0 Å². The van der Waals surface area contributed by atoms with Crippen LogP contribution in [0.2, 0.25) is 0 Å². The van der Waals surface area contributed by atoms with Gasteiger partial charge in [0.25, 0.3) is 0 Å². The van der Waals surface area contributed by atoms with Crippen LogP contribution in [0.25, 0.3) is 17.8 Å². The van der Waals surface area contributed by atoms with Crippen LogP contribution in [-0.2, 0) is 14.4 Å². The fourth-order valence-corrected chi connectivity index (χ4v) is 3.36. The molecule has 1 aliphatic heterocycles. The molecule has 156 valence electrons. The van der Waals surface area contributed by atoms with E-state index in [1.54, 1.807) is 36.4 Å². The summed E-state index contributed by atoms with van der Waals surface area (Å²) in [7, 11) is 0. The highest BCUT2D eigenvalue weighted by molar-refractivity contribution is 6.25. The average Bonchev–Trinajstić information content (AvgIpc) is 3.55. The molecule has 0 unspecified atom stereocenters. The van der Waals surface area contributed by atoms with Gasteiger partial charge in [0.05, 0.1) is 35.8 Å². The van der Waals surface area contributed by atoms with Crippen LogP contribution in [0.15, 0.2) is 85.3 Å². The number of aldehydes is 1. The Balaban J connectivity index is 1.98. The number of carboxylic acid groups (broad SMARTS) is 1. The van der Waals surface area contributed by atoms with Gasteiger partial charge in [-0.3, -0.25) is 9.59 Å². The number of nitrogens with zero attached hydrogens (tertiary/aromatic N) is 1. The summed E-state index contributed by atoms with van der Waals surface area (Å²) in [6.07, 6.45) is 7.66. The maximum atomic E-state index is 13.5. The van der Waals surface area contributed by atoms with Crippen molar-refractivity contribution in [3.8, 4) is 0 Å². The van der Waals surface area contributed by atoms with Crippen LogP contribution < -0.4 is 0 Å². The number of allylic oxidation sites excluding steroid dienone is 2. The van der Waals surface area contributed by atoms with Crippen LogP contribution in [0, 0.1) is 0 Å². The Morgan fingerprint density at radius 3 is 2.23 bits per heavy atom. The molecule has 31 heavy (non-hydrogen) atoms. The number of carbonyl (C=O) groups excluding carboxylic acids is 2. The summed E-state index contributed by atoms with van der Waals surface area (Å²) in [4.78, 5) is 38.8. The molecule has 0 saturated heterocycles. The molecule has 0 aliphatic carbocycles. The highest BCUT2D eigenvalue weighted by Gasteiger charge is 2.42. The van der Waals surface area contributed by atoms with E-state index in [4.69, 9.17) is 13.3 Å². The predicted octanol–water partition coefficient (Wildman–Crippen LogP) is 3.86. The molecule has 0 spiro atoms. The first-order chi connectivity index (χ1) is 15.0. The first kappa shape index (κ1) is 20.0. The maximum Gasteiger partial charge on any atom is 0.326 e. The molecule has 0 bridgehead atoms. The summed E-state index contributed by atoms with van der Waals surface area (Å²) >= 11 is 0. The fraction of sp³-hybridized carbons (Fsp3) is 0.0870. The Kier molecular flexibility index (Phi) is 5.28. The van der Waals surface area contributed by atoms with Crippen LogP contribution in [0.4, 0.5) is 0 Å². The summed E-state index contributed by atoms with van der Waals surface area (Å²) in [6.45, 7) is 1.44. The van der Waals surface area contributed by atoms with Gasteiger partial charge >= 0.3 is 5.97 Å². The van der Waals surface area contributed by atoms with E-state index in [1.807, 2.05) is 0 Å². The number of hydrogen-bond acceptors (Lipinski definition) is 7. The highest BCUT2D eigenvalue weighted by Crippen LogP contribution is 2.41. The van der Waals surface area contributed by atoms with Gasteiger partial charge in [0.15, 0.2) is 12.0 Å². The smallest absolute Gasteiger partial charge is 0.326 e. The van der Waals surface area contributed by atoms with Crippen LogP contribution in [0.1, 0.15) is 24.2 Å². The van der Waals surface area contributed by atoms with Gasteiger partial charge in [0.1, 0.15) is 17.6 Å². The van der Waals surface area contributed by atoms with Crippen molar-refractivity contribution in [2.75, 3.05) is 0 Å². The minimum atomic E-state index is -1.16. The van der Waals surface area contributed by atoms with Crippen molar-refractivity contribution in [1.82, 2.24) is 4.90 Å². The highest BCUT2D eigenvalue weighted by atomic mass is 16.4. The molecule has 8 nitrogen and oxygen atoms in total. The van der Waals surface area contributed by atoms with Crippen LogP contribution >= 0.6 is 0 Å². The normalized spacial score (nSPS) is 16.9. The van der Waals surface area contributed by atoms with E-state index in [-0.39, 0.29) is 28.3 Å². The molecule has 0 aromatic carbocycles. The minimum absolute atomic E-state index is 0.00672. The first-order valence-electron chi connectivity index (χ1n) is 9.32. The van der Waals surface area contributed by atoms with Crippen LogP contribution in [0.3, 0.4) is 0 Å². The van der Waals surface area contributed by atoms with E-state index in [0.29, 0.717) is 17.8 Å². The van der Waals surface area contributed by atoms with Crippen molar-refractivity contribution in [2.45, 2.75) is 13.0 Å². The Bertz CT molecular complexity index is 1190. The third-order valence-corrected chi connectivity index (χ3v) is 4.77. The van der Waals surface area contributed by atoms with Gasteiger partial charge in [0, 0.05) is 11.6 Å². The number of Topliss-reactive ketones (excluding diaryl/α,β-unsaturated/α-hetero) is 1. The van der Waals surface area contributed by atoms with Crippen molar-refractivity contribution < 1.29 is 32.7 Å². The lowest BCUT2D eigenvalue weighted by Gasteiger charge is -2.26. The number of hydrogen-bond donors (Lipinski definition) is 1. The Labute approximate surface area is 176 Å². The van der Waals surface area contributed by atoms with Gasteiger partial charge in [-0.1, -0.05) is 0 Å². The molecular formula is C23H17NO7. The number of carboxylic acids is 1. The van der Waals surface area contributed by atoms with Crippen molar-refractivity contribution >= 4 is 35.9 Å². The molecule has 0 amide bonds. The number of furan rings is 3. The van der Waals surface area contributed by atoms with Gasteiger partial charge in [-0.25, -0.2) is 4.79 Å². The largest absolute Gasteiger partial charge is 0.480 e. The minimum Gasteiger partial charge on any atom is -0.480 e. The molecule has 3 aromatic heterocycles. The van der Waals surface area contributed by atoms with Crippen LogP contribution in [-0.4, -0.2) is 34.1 Å². The third-order valence-electron chi connectivity index (χ3n) is 4.77. The van der Waals surface area contributed by atoms with Gasteiger partial charge in [-0.2, -0.15) is 0 Å². The van der Waals surface area contributed by atoms with Crippen LogP contribution in [0.5, 0.6) is 0 Å². The second-order valence-electron chi connectivity index (χ2n) is 6.69. The van der Waals surface area contributed by atoms with Crippen molar-refractivity contribution in [1.29, 1.82) is 0 Å². The molecule has 4 heterocycles. The zero-order valence-corrected chi connectivity index (χ0v) is 16.3. The molecule has 0 radical (unpaired) electrons. The summed E-state index contributed by atoms with van der Waals surface area (Å²) in [5.41, 5.74) is 0.245. The SMILES string of the molecule is C[C@@H](C(=O)O)N1C(c2ccco2)=C(/C(C=O)=C\c2ccco2)C(=O)/C1=C/c1ccco1. The summed E-state index contributed by atoms with van der Waals surface area (Å²) < 4.78 is 16.1. The van der Waals surface area contributed by atoms with Gasteiger partial charge in [-0.05, 0) is 49.4 Å². The van der Waals surface area contributed by atoms with E-state index >= 15 is 0 Å². The average molecular weight is 419 g/mol. The van der Waals surface area contributed by atoms with Gasteiger partial charge < -0.3 is 23.3 Å². The third kappa shape index (κ3) is 3.66. The topological polar surface area (TPSA) is 114 Å². The monoisotopic (exact) mass is 419 g/mol. The number of aliphatic carboxylic acids is 1. The van der Waals surface area contributed by atoms with E-state index in [1.165, 1.54) is 42.8 Å². The molecule has 1 aliphatic rings. The summed E-state index contributed by atoms with van der Waals surface area (Å²) in [5, 5.41) is 9.72. The second-order valence-corrected chi connectivity index (χ2v) is 6.69. The Morgan fingerprint density at radius 1 is 1.03 bits per heavy atom. The van der Waals surface area contributed by atoms with Gasteiger partial charge in [0.2, 0.25) is 5.78 Å². The standard InChI is InChI=1S/C23H17NO7/c1-14(23(27)28)24-18(12-17-6-3-9-30-17)22(26)20(21(24)19-7-4-10-31-19)15(13-25)11-16-5-2-8-29-16/h2-14H,1H3,(H,27,28)/b15-11-,18-12-/t14-/m0/s1. The summed E-state index contributed by atoms with van der Waals surface area (Å²) in [6, 6.07) is 8.62. The molecule has 1 N–H and O–H groups in total. The molecule has 8 heteroatoms. The van der Waals surface area contributed by atoms with Crippen molar-refractivity contribution in [3.63, 3.8) is 0 Å². The van der Waals surface area contributed by atoms with E-state index < -0.39 is 17.8 Å². The Morgan fingerprint density at radius 2 is 1.68 bits per heavy atom. The molecule has 3 aromatic rings. The Hall–Kier alpha value is -4.33. The summed E-state index contributed by atoms with van der Waals surface area (Å²) in [5.74, 6) is -0.741. The predicted molar refractivity (Wildman–Crippen MR) is 109 cm³/mol. The quantitative estimate of drug-likeness (QED) is 0.454. The van der Waals surface area contributed by atoms with E-state index in [2.05, 4.69) is 0 Å². The van der Waals surface area contributed by atoms with E-state index in [0.717, 1.165) is 0 Å². The lowest BCUT2D eigenvalue weighted by atomic mass is 10.00. The lowest BCUT2D eigenvalue weighted by Crippen LogP contribution is -2.35. The van der Waals surface area contributed by atoms with E-state index in [9.17, 15) is 19.5 Å². The maximum absolute atomic E-state index is 13.5. The van der Waals surface area contributed by atoms with Crippen molar-refractivity contribution in [3.05, 3.63) is 89.3 Å². The lowest BCUT2D eigenvalue weighted by molar-refractivity contribution is -0.140. The zero-order chi connectivity index (χ0) is 22.0.